The van der Waals surface area contributed by atoms with Crippen LogP contribution in [-0.4, -0.2) is 39.3 Å². The minimum absolute atomic E-state index is 0.0322. The molecule has 2 amide bonds. The van der Waals surface area contributed by atoms with Crippen molar-refractivity contribution in [3.63, 3.8) is 0 Å². The van der Waals surface area contributed by atoms with Gasteiger partial charge in [-0.15, -0.1) is 21.5 Å². The molecule has 2 rings (SSSR count). The first-order chi connectivity index (χ1) is 10.9. The quantitative estimate of drug-likeness (QED) is 0.882. The van der Waals surface area contributed by atoms with Gasteiger partial charge in [0.1, 0.15) is 12.7 Å². The van der Waals surface area contributed by atoms with E-state index in [-0.39, 0.29) is 12.1 Å². The number of amides is 2. The van der Waals surface area contributed by atoms with Gasteiger partial charge in [0.2, 0.25) is 0 Å². The van der Waals surface area contributed by atoms with Crippen LogP contribution < -0.4 is 5.32 Å². The van der Waals surface area contributed by atoms with Crippen LogP contribution in [0.15, 0.2) is 18.7 Å². The molecule has 1 atom stereocenters. The molecule has 0 aliphatic carbocycles. The molecule has 2 aromatic heterocycles. The minimum atomic E-state index is -0.0555. The lowest BCUT2D eigenvalue weighted by atomic mass is 9.96. The van der Waals surface area contributed by atoms with E-state index in [9.17, 15) is 4.79 Å². The van der Waals surface area contributed by atoms with Gasteiger partial charge < -0.3 is 14.8 Å². The van der Waals surface area contributed by atoms with Crippen molar-refractivity contribution in [1.29, 1.82) is 0 Å². The summed E-state index contributed by atoms with van der Waals surface area (Å²) in [5.74, 6) is 0.331. The fraction of sp³-hybridized carbons (Fsp3) is 0.562. The summed E-state index contributed by atoms with van der Waals surface area (Å²) in [6.45, 7) is 9.77. The predicted molar refractivity (Wildman–Crippen MR) is 92.6 cm³/mol. The zero-order chi connectivity index (χ0) is 17.0. The molecule has 0 radical (unpaired) electrons. The Morgan fingerprint density at radius 3 is 2.52 bits per heavy atom. The molecule has 126 valence electrons. The molecule has 6 nitrogen and oxygen atoms in total. The Labute approximate surface area is 141 Å². The summed E-state index contributed by atoms with van der Waals surface area (Å²) in [4.78, 5) is 16.7. The van der Waals surface area contributed by atoms with Crippen LogP contribution in [0.2, 0.25) is 0 Å². The molecule has 23 heavy (non-hydrogen) atoms. The standard InChI is InChI=1S/C16H25N5OS/c1-11(2)15(14-8-12(3)23-13(14)4)19-16(22)20(5)6-7-21-9-17-18-10-21/h8-11,15H,6-7H2,1-5H3,(H,19,22). The summed E-state index contributed by atoms with van der Waals surface area (Å²) in [5, 5.41) is 10.7. The molecule has 0 fully saturated rings. The number of aromatic nitrogens is 3. The molecule has 0 bridgehead atoms. The number of rotatable bonds is 6. The lowest BCUT2D eigenvalue weighted by Gasteiger charge is -2.26. The summed E-state index contributed by atoms with van der Waals surface area (Å²) in [7, 11) is 1.81. The third kappa shape index (κ3) is 4.54. The van der Waals surface area contributed by atoms with E-state index >= 15 is 0 Å². The van der Waals surface area contributed by atoms with Crippen LogP contribution in [0.4, 0.5) is 4.79 Å². The number of thiophene rings is 1. The monoisotopic (exact) mass is 335 g/mol. The Bertz CT molecular complexity index is 635. The van der Waals surface area contributed by atoms with Crippen molar-refractivity contribution in [2.75, 3.05) is 13.6 Å². The van der Waals surface area contributed by atoms with Gasteiger partial charge >= 0.3 is 6.03 Å². The van der Waals surface area contributed by atoms with Gasteiger partial charge in [-0.25, -0.2) is 4.79 Å². The van der Waals surface area contributed by atoms with E-state index in [1.807, 2.05) is 11.6 Å². The van der Waals surface area contributed by atoms with Crippen molar-refractivity contribution in [3.8, 4) is 0 Å². The number of hydrogen-bond donors (Lipinski definition) is 1. The molecule has 1 N–H and O–H groups in total. The lowest BCUT2D eigenvalue weighted by Crippen LogP contribution is -2.42. The highest BCUT2D eigenvalue weighted by Crippen LogP contribution is 2.30. The van der Waals surface area contributed by atoms with Crippen LogP contribution in [0, 0.1) is 19.8 Å². The summed E-state index contributed by atoms with van der Waals surface area (Å²) in [6, 6.07) is 2.16. The smallest absolute Gasteiger partial charge is 0.317 e. The number of nitrogens with one attached hydrogen (secondary N) is 1. The second-order valence-electron chi connectivity index (χ2n) is 6.16. The van der Waals surface area contributed by atoms with E-state index in [1.165, 1.54) is 15.3 Å². The van der Waals surface area contributed by atoms with E-state index in [0.29, 0.717) is 19.0 Å². The zero-order valence-corrected chi connectivity index (χ0v) is 15.2. The number of carbonyl (C=O) groups is 1. The molecule has 2 aromatic rings. The largest absolute Gasteiger partial charge is 0.331 e. The van der Waals surface area contributed by atoms with Crippen molar-refractivity contribution in [2.24, 2.45) is 5.92 Å². The molecule has 0 aliphatic rings. The highest BCUT2D eigenvalue weighted by atomic mass is 32.1. The van der Waals surface area contributed by atoms with Gasteiger partial charge in [-0.05, 0) is 31.4 Å². The van der Waals surface area contributed by atoms with Crippen molar-refractivity contribution in [1.82, 2.24) is 25.0 Å². The highest BCUT2D eigenvalue weighted by Gasteiger charge is 2.23. The molecule has 0 saturated heterocycles. The first-order valence-corrected chi connectivity index (χ1v) is 8.61. The Kier molecular flexibility index (Phi) is 5.76. The Morgan fingerprint density at radius 2 is 2.00 bits per heavy atom. The molecule has 0 aromatic carbocycles. The average Bonchev–Trinajstić information content (AvgIpc) is 3.11. The van der Waals surface area contributed by atoms with Crippen LogP contribution in [0.1, 0.15) is 35.2 Å². The fourth-order valence-electron chi connectivity index (χ4n) is 2.51. The number of urea groups is 1. The topological polar surface area (TPSA) is 63.1 Å². The first-order valence-electron chi connectivity index (χ1n) is 7.79. The van der Waals surface area contributed by atoms with Crippen LogP contribution in [0.3, 0.4) is 0 Å². The molecule has 0 spiro atoms. The van der Waals surface area contributed by atoms with E-state index in [1.54, 1.807) is 28.9 Å². The molecule has 7 heteroatoms. The molecule has 1 unspecified atom stereocenters. The van der Waals surface area contributed by atoms with E-state index in [4.69, 9.17) is 0 Å². The van der Waals surface area contributed by atoms with Gasteiger partial charge in [0, 0.05) is 29.9 Å². The Hall–Kier alpha value is -1.89. The first kappa shape index (κ1) is 17.5. The maximum atomic E-state index is 12.5. The van der Waals surface area contributed by atoms with Crippen LogP contribution in [-0.2, 0) is 6.54 Å². The predicted octanol–water partition coefficient (Wildman–Crippen LogP) is 3.00. The molecular formula is C16H25N5OS. The summed E-state index contributed by atoms with van der Waals surface area (Å²) < 4.78 is 1.86. The zero-order valence-electron chi connectivity index (χ0n) is 14.4. The van der Waals surface area contributed by atoms with E-state index in [2.05, 4.69) is 49.3 Å². The number of nitrogens with zero attached hydrogens (tertiary/aromatic N) is 4. The normalized spacial score (nSPS) is 12.4. The van der Waals surface area contributed by atoms with Crippen molar-refractivity contribution in [2.45, 2.75) is 40.3 Å². The summed E-state index contributed by atoms with van der Waals surface area (Å²) in [6.07, 6.45) is 3.31. The van der Waals surface area contributed by atoms with Gasteiger partial charge in [0.05, 0.1) is 6.04 Å². The number of carbonyl (C=O) groups excluding carboxylic acids is 1. The third-order valence-corrected chi connectivity index (χ3v) is 4.85. The number of likely N-dealkylation sites (N-methyl/N-ethyl adjacent to an activating group) is 1. The Morgan fingerprint density at radius 1 is 1.35 bits per heavy atom. The van der Waals surface area contributed by atoms with Crippen LogP contribution in [0.5, 0.6) is 0 Å². The summed E-state index contributed by atoms with van der Waals surface area (Å²) in [5.41, 5.74) is 1.23. The SMILES string of the molecule is Cc1cc(C(NC(=O)N(C)CCn2cnnc2)C(C)C)c(C)s1. The van der Waals surface area contributed by atoms with Gasteiger partial charge in [0.15, 0.2) is 0 Å². The van der Waals surface area contributed by atoms with Crippen molar-refractivity contribution < 1.29 is 4.79 Å². The van der Waals surface area contributed by atoms with Crippen LogP contribution >= 0.6 is 11.3 Å². The number of hydrogen-bond acceptors (Lipinski definition) is 4. The second kappa shape index (κ2) is 7.59. The number of aryl methyl sites for hydroxylation is 2. The molecular weight excluding hydrogens is 310 g/mol. The lowest BCUT2D eigenvalue weighted by molar-refractivity contribution is 0.199. The maximum Gasteiger partial charge on any atom is 0.317 e. The summed E-state index contributed by atoms with van der Waals surface area (Å²) >= 11 is 1.78. The van der Waals surface area contributed by atoms with Crippen LogP contribution in [0.25, 0.3) is 0 Å². The van der Waals surface area contributed by atoms with Gasteiger partial charge in [0.25, 0.3) is 0 Å². The van der Waals surface area contributed by atoms with Gasteiger partial charge in [-0.3, -0.25) is 0 Å². The highest BCUT2D eigenvalue weighted by molar-refractivity contribution is 7.12. The minimum Gasteiger partial charge on any atom is -0.331 e. The van der Waals surface area contributed by atoms with Crippen molar-refractivity contribution in [3.05, 3.63) is 34.0 Å². The van der Waals surface area contributed by atoms with Gasteiger partial charge in [-0.2, -0.15) is 0 Å². The Balaban J connectivity index is 1.98. The van der Waals surface area contributed by atoms with E-state index < -0.39 is 0 Å². The second-order valence-corrected chi connectivity index (χ2v) is 7.62. The van der Waals surface area contributed by atoms with E-state index in [0.717, 1.165) is 0 Å². The van der Waals surface area contributed by atoms with Crippen molar-refractivity contribution >= 4 is 17.4 Å². The fourth-order valence-corrected chi connectivity index (χ4v) is 3.48. The molecule has 2 heterocycles. The third-order valence-electron chi connectivity index (χ3n) is 3.87. The van der Waals surface area contributed by atoms with Gasteiger partial charge in [-0.1, -0.05) is 13.8 Å². The molecule has 0 saturated carbocycles. The molecule has 0 aliphatic heterocycles. The maximum absolute atomic E-state index is 12.5. The average molecular weight is 335 g/mol.